The van der Waals surface area contributed by atoms with Crippen LogP contribution in [0.1, 0.15) is 24.2 Å². The number of ether oxygens (including phenoxy) is 2. The van der Waals surface area contributed by atoms with Gasteiger partial charge in [-0.3, -0.25) is 0 Å². The maximum atomic E-state index is 12.3. The summed E-state index contributed by atoms with van der Waals surface area (Å²) >= 11 is 0. The van der Waals surface area contributed by atoms with Crippen LogP contribution in [-0.4, -0.2) is 71.8 Å². The number of methoxy groups -OCH3 is 1. The first kappa shape index (κ1) is 23.6. The Hall–Kier alpha value is -3.59. The molecule has 0 unspecified atom stereocenters. The summed E-state index contributed by atoms with van der Waals surface area (Å²) in [4.78, 5) is 26.0. The van der Waals surface area contributed by atoms with Gasteiger partial charge in [-0.1, -0.05) is 0 Å². The normalized spacial score (nSPS) is 14.4. The summed E-state index contributed by atoms with van der Waals surface area (Å²) < 4.78 is 12.8. The molecule has 4 rings (SSSR count). The molecule has 9 heteroatoms. The summed E-state index contributed by atoms with van der Waals surface area (Å²) in [6.45, 7) is 7.71. The van der Waals surface area contributed by atoms with E-state index in [1.54, 1.807) is 25.6 Å². The van der Waals surface area contributed by atoms with Gasteiger partial charge in [-0.25, -0.2) is 14.8 Å². The van der Waals surface area contributed by atoms with E-state index < -0.39 is 0 Å². The summed E-state index contributed by atoms with van der Waals surface area (Å²) in [6, 6.07) is 9.71. The average Bonchev–Trinajstić information content (AvgIpc) is 3.21. The monoisotopic (exact) mass is 464 g/mol. The van der Waals surface area contributed by atoms with E-state index in [1.165, 1.54) is 0 Å². The first-order valence-electron chi connectivity index (χ1n) is 11.4. The molecule has 9 nitrogen and oxygen atoms in total. The Labute approximate surface area is 200 Å². The first-order chi connectivity index (χ1) is 16.3. The molecule has 0 amide bonds. The number of hydrogen-bond donors (Lipinski definition) is 1. The SMILES string of the molecule is COc1cc(N2CCN(C)CC2)ccc1Nc1nccc(-c2cc(C(=O)OC(C)C)cn2C)n1. The van der Waals surface area contributed by atoms with E-state index in [0.29, 0.717) is 17.2 Å². The Balaban J connectivity index is 1.54. The fraction of sp³-hybridized carbons (Fsp3) is 0.400. The predicted molar refractivity (Wildman–Crippen MR) is 133 cm³/mol. The number of aromatic nitrogens is 3. The summed E-state index contributed by atoms with van der Waals surface area (Å²) in [5.74, 6) is 0.813. The Morgan fingerprint density at radius 3 is 2.56 bits per heavy atom. The summed E-state index contributed by atoms with van der Waals surface area (Å²) in [6.07, 6.45) is 3.26. The van der Waals surface area contributed by atoms with Gasteiger partial charge < -0.3 is 29.2 Å². The van der Waals surface area contributed by atoms with Crippen molar-refractivity contribution in [1.82, 2.24) is 19.4 Å². The third-order valence-electron chi connectivity index (χ3n) is 5.80. The van der Waals surface area contributed by atoms with Crippen molar-refractivity contribution in [3.05, 3.63) is 48.3 Å². The van der Waals surface area contributed by atoms with Crippen LogP contribution in [0.4, 0.5) is 17.3 Å². The molecule has 1 N–H and O–H groups in total. The van der Waals surface area contributed by atoms with E-state index in [4.69, 9.17) is 9.47 Å². The molecule has 0 bridgehead atoms. The van der Waals surface area contributed by atoms with Gasteiger partial charge in [-0.15, -0.1) is 0 Å². The predicted octanol–water partition coefficient (Wildman–Crippen LogP) is 3.55. The van der Waals surface area contributed by atoms with Crippen LogP contribution in [0.3, 0.4) is 0 Å². The van der Waals surface area contributed by atoms with Crippen molar-refractivity contribution in [2.75, 3.05) is 50.6 Å². The average molecular weight is 465 g/mol. The summed E-state index contributed by atoms with van der Waals surface area (Å²) in [5.41, 5.74) is 3.89. The van der Waals surface area contributed by atoms with Gasteiger partial charge in [0.1, 0.15) is 5.75 Å². The number of likely N-dealkylation sites (N-methyl/N-ethyl adjacent to an activating group) is 1. The quantitative estimate of drug-likeness (QED) is 0.532. The maximum Gasteiger partial charge on any atom is 0.339 e. The van der Waals surface area contributed by atoms with Crippen LogP contribution in [0.5, 0.6) is 5.75 Å². The molecule has 0 spiro atoms. The van der Waals surface area contributed by atoms with Crippen LogP contribution in [0, 0.1) is 0 Å². The minimum Gasteiger partial charge on any atom is -0.494 e. The second-order valence-corrected chi connectivity index (χ2v) is 8.74. The molecule has 3 aromatic rings. The van der Waals surface area contributed by atoms with Crippen molar-refractivity contribution >= 4 is 23.3 Å². The number of esters is 1. The second-order valence-electron chi connectivity index (χ2n) is 8.74. The standard InChI is InChI=1S/C25H32N6O3/c1-17(2)34-24(32)18-14-22(30(4)16-18)20-8-9-26-25(27-20)28-21-7-6-19(15-23(21)33-5)31-12-10-29(3)11-13-31/h6-9,14-17H,10-13H2,1-5H3,(H,26,27,28). The maximum absolute atomic E-state index is 12.3. The number of piperazine rings is 1. The van der Waals surface area contributed by atoms with Gasteiger partial charge in [0.25, 0.3) is 0 Å². The van der Waals surface area contributed by atoms with Crippen molar-refractivity contribution in [2.24, 2.45) is 7.05 Å². The largest absolute Gasteiger partial charge is 0.494 e. The van der Waals surface area contributed by atoms with Crippen LogP contribution in [0.15, 0.2) is 42.7 Å². The summed E-state index contributed by atoms with van der Waals surface area (Å²) in [5, 5.41) is 3.27. The van der Waals surface area contributed by atoms with Gasteiger partial charge in [0.05, 0.1) is 35.9 Å². The fourth-order valence-corrected chi connectivity index (χ4v) is 3.94. The molecule has 0 atom stereocenters. The molecule has 1 aliphatic rings. The van der Waals surface area contributed by atoms with Crippen molar-refractivity contribution in [3.8, 4) is 17.1 Å². The van der Waals surface area contributed by atoms with Gasteiger partial charge in [0.2, 0.25) is 5.95 Å². The molecule has 0 aliphatic carbocycles. The summed E-state index contributed by atoms with van der Waals surface area (Å²) in [7, 11) is 5.68. The minimum atomic E-state index is -0.352. The third kappa shape index (κ3) is 5.31. The Kier molecular flexibility index (Phi) is 7.02. The molecule has 1 saturated heterocycles. The smallest absolute Gasteiger partial charge is 0.339 e. The van der Waals surface area contributed by atoms with E-state index >= 15 is 0 Å². The highest BCUT2D eigenvalue weighted by Gasteiger charge is 2.18. The zero-order chi connectivity index (χ0) is 24.2. The molecule has 180 valence electrons. The first-order valence-corrected chi connectivity index (χ1v) is 11.4. The molecule has 1 aliphatic heterocycles. The molecule has 0 saturated carbocycles. The number of carbonyl (C=O) groups is 1. The number of nitrogens with zero attached hydrogens (tertiary/aromatic N) is 5. The zero-order valence-corrected chi connectivity index (χ0v) is 20.4. The van der Waals surface area contributed by atoms with Crippen molar-refractivity contribution < 1.29 is 14.3 Å². The lowest BCUT2D eigenvalue weighted by molar-refractivity contribution is 0.0378. The number of anilines is 3. The van der Waals surface area contributed by atoms with E-state index in [1.807, 2.05) is 43.7 Å². The lowest BCUT2D eigenvalue weighted by Crippen LogP contribution is -2.44. The lowest BCUT2D eigenvalue weighted by Gasteiger charge is -2.34. The van der Waals surface area contributed by atoms with Gasteiger partial charge in [0.15, 0.2) is 0 Å². The van der Waals surface area contributed by atoms with Crippen LogP contribution in [0.25, 0.3) is 11.4 Å². The Morgan fingerprint density at radius 2 is 1.85 bits per heavy atom. The number of benzene rings is 1. The zero-order valence-electron chi connectivity index (χ0n) is 20.4. The van der Waals surface area contributed by atoms with Crippen LogP contribution in [0.2, 0.25) is 0 Å². The van der Waals surface area contributed by atoms with Gasteiger partial charge in [-0.2, -0.15) is 0 Å². The van der Waals surface area contributed by atoms with E-state index in [2.05, 4.69) is 38.2 Å². The van der Waals surface area contributed by atoms with Gasteiger partial charge >= 0.3 is 5.97 Å². The fourth-order valence-electron chi connectivity index (χ4n) is 3.94. The Bertz CT molecular complexity index is 1150. The van der Waals surface area contributed by atoms with Crippen molar-refractivity contribution in [2.45, 2.75) is 20.0 Å². The molecule has 1 fully saturated rings. The van der Waals surface area contributed by atoms with Crippen LogP contribution in [-0.2, 0) is 11.8 Å². The minimum absolute atomic E-state index is 0.177. The number of hydrogen-bond acceptors (Lipinski definition) is 8. The highest BCUT2D eigenvalue weighted by Crippen LogP contribution is 2.32. The van der Waals surface area contributed by atoms with Crippen molar-refractivity contribution in [3.63, 3.8) is 0 Å². The molecule has 2 aromatic heterocycles. The topological polar surface area (TPSA) is 84.8 Å². The third-order valence-corrected chi connectivity index (χ3v) is 5.80. The van der Waals surface area contributed by atoms with Gasteiger partial charge in [-0.05, 0) is 45.2 Å². The van der Waals surface area contributed by atoms with E-state index in [0.717, 1.165) is 49.0 Å². The number of carbonyl (C=O) groups excluding carboxylic acids is 1. The molecular formula is C25H32N6O3. The highest BCUT2D eigenvalue weighted by molar-refractivity contribution is 5.91. The molecule has 34 heavy (non-hydrogen) atoms. The number of nitrogens with one attached hydrogen (secondary N) is 1. The molecule has 1 aromatic carbocycles. The number of aryl methyl sites for hydroxylation is 1. The Morgan fingerprint density at radius 1 is 1.09 bits per heavy atom. The van der Waals surface area contributed by atoms with Crippen LogP contribution >= 0.6 is 0 Å². The number of rotatable bonds is 7. The lowest BCUT2D eigenvalue weighted by atomic mass is 10.2. The molecule has 0 radical (unpaired) electrons. The second kappa shape index (κ2) is 10.1. The van der Waals surface area contributed by atoms with Gasteiger partial charge in [0, 0.05) is 57.4 Å². The van der Waals surface area contributed by atoms with Crippen molar-refractivity contribution in [1.29, 1.82) is 0 Å². The molecule has 3 heterocycles. The van der Waals surface area contributed by atoms with Crippen LogP contribution < -0.4 is 15.0 Å². The van der Waals surface area contributed by atoms with E-state index in [-0.39, 0.29) is 12.1 Å². The highest BCUT2D eigenvalue weighted by atomic mass is 16.5. The van der Waals surface area contributed by atoms with E-state index in [9.17, 15) is 4.79 Å². The molecular weight excluding hydrogens is 432 g/mol.